The van der Waals surface area contributed by atoms with Gasteiger partial charge in [-0.05, 0) is 25.0 Å². The minimum atomic E-state index is 0.0310. The van der Waals surface area contributed by atoms with Gasteiger partial charge in [0, 0.05) is 30.2 Å². The van der Waals surface area contributed by atoms with E-state index in [1.54, 1.807) is 6.20 Å². The number of carbonyl (C=O) groups is 1. The fourth-order valence-corrected chi connectivity index (χ4v) is 4.60. The van der Waals surface area contributed by atoms with Crippen molar-refractivity contribution in [3.8, 4) is 16.3 Å². The smallest absolute Gasteiger partial charge is 0.273 e. The average molecular weight is 395 g/mol. The summed E-state index contributed by atoms with van der Waals surface area (Å²) in [7, 11) is 1.93. The zero-order chi connectivity index (χ0) is 19.3. The van der Waals surface area contributed by atoms with Crippen molar-refractivity contribution >= 4 is 17.2 Å². The molecule has 1 fully saturated rings. The van der Waals surface area contributed by atoms with Crippen molar-refractivity contribution in [1.82, 2.24) is 19.7 Å². The highest BCUT2D eigenvalue weighted by atomic mass is 32.1. The van der Waals surface area contributed by atoms with E-state index < -0.39 is 0 Å². The SMILES string of the molecule is CN(C(=O)c1csc(-c2cnn(-c3ccccc3)c2)n1)C1CCCCCCC1. The lowest BCUT2D eigenvalue weighted by Crippen LogP contribution is -2.37. The van der Waals surface area contributed by atoms with Gasteiger partial charge >= 0.3 is 0 Å². The Labute approximate surface area is 170 Å². The molecule has 0 N–H and O–H groups in total. The van der Waals surface area contributed by atoms with Crippen molar-refractivity contribution in [3.63, 3.8) is 0 Å². The number of hydrogen-bond donors (Lipinski definition) is 0. The Morgan fingerprint density at radius 2 is 1.82 bits per heavy atom. The number of nitrogens with zero attached hydrogens (tertiary/aromatic N) is 4. The number of amides is 1. The lowest BCUT2D eigenvalue weighted by atomic mass is 9.96. The third-order valence-corrected chi connectivity index (χ3v) is 6.41. The molecular formula is C22H26N4OS. The minimum Gasteiger partial charge on any atom is -0.337 e. The summed E-state index contributed by atoms with van der Waals surface area (Å²) in [6.07, 6.45) is 12.3. The number of hydrogen-bond acceptors (Lipinski definition) is 4. The van der Waals surface area contributed by atoms with Crippen molar-refractivity contribution in [1.29, 1.82) is 0 Å². The number of thiazole rings is 1. The Bertz CT molecular complexity index is 910. The molecule has 3 aromatic rings. The molecule has 6 heteroatoms. The molecule has 0 radical (unpaired) electrons. The van der Waals surface area contributed by atoms with E-state index in [9.17, 15) is 4.79 Å². The van der Waals surface area contributed by atoms with Gasteiger partial charge in [0.2, 0.25) is 0 Å². The molecule has 4 rings (SSSR count). The van der Waals surface area contributed by atoms with Crippen LogP contribution in [0.15, 0.2) is 48.1 Å². The molecule has 1 aliphatic carbocycles. The summed E-state index contributed by atoms with van der Waals surface area (Å²) < 4.78 is 1.83. The number of aromatic nitrogens is 3. The average Bonchev–Trinajstić information content (AvgIpc) is 3.37. The highest BCUT2D eigenvalue weighted by molar-refractivity contribution is 7.13. The monoisotopic (exact) mass is 394 g/mol. The van der Waals surface area contributed by atoms with Gasteiger partial charge < -0.3 is 4.90 Å². The van der Waals surface area contributed by atoms with Gasteiger partial charge in [0.1, 0.15) is 10.7 Å². The van der Waals surface area contributed by atoms with E-state index in [-0.39, 0.29) is 5.91 Å². The van der Waals surface area contributed by atoms with E-state index in [0.29, 0.717) is 11.7 Å². The van der Waals surface area contributed by atoms with E-state index in [4.69, 9.17) is 0 Å². The number of carbonyl (C=O) groups excluding carboxylic acids is 1. The molecule has 0 atom stereocenters. The van der Waals surface area contributed by atoms with Gasteiger partial charge in [-0.15, -0.1) is 11.3 Å². The van der Waals surface area contributed by atoms with Crippen LogP contribution in [0, 0.1) is 0 Å². The Kier molecular flexibility index (Phi) is 5.86. The van der Waals surface area contributed by atoms with E-state index in [1.165, 1.54) is 43.4 Å². The first-order chi connectivity index (χ1) is 13.7. The number of rotatable bonds is 4. The second-order valence-electron chi connectivity index (χ2n) is 7.46. The van der Waals surface area contributed by atoms with Crippen LogP contribution in [0.4, 0.5) is 0 Å². The third-order valence-electron chi connectivity index (χ3n) is 5.52. The van der Waals surface area contributed by atoms with E-state index in [1.807, 2.05) is 58.5 Å². The van der Waals surface area contributed by atoms with Crippen LogP contribution in [0.2, 0.25) is 0 Å². The number of benzene rings is 1. The van der Waals surface area contributed by atoms with Crippen LogP contribution >= 0.6 is 11.3 Å². The molecule has 2 aromatic heterocycles. The predicted molar refractivity (Wildman–Crippen MR) is 113 cm³/mol. The molecule has 0 aliphatic heterocycles. The molecule has 5 nitrogen and oxygen atoms in total. The zero-order valence-corrected chi connectivity index (χ0v) is 17.1. The minimum absolute atomic E-state index is 0.0310. The fraction of sp³-hybridized carbons (Fsp3) is 0.409. The summed E-state index contributed by atoms with van der Waals surface area (Å²) in [6, 6.07) is 10.3. The molecule has 1 amide bonds. The van der Waals surface area contributed by atoms with Gasteiger partial charge in [-0.1, -0.05) is 50.3 Å². The fourth-order valence-electron chi connectivity index (χ4n) is 3.83. The van der Waals surface area contributed by atoms with Crippen LogP contribution in [0.5, 0.6) is 0 Å². The molecule has 2 heterocycles. The molecule has 1 saturated carbocycles. The third kappa shape index (κ3) is 4.17. The molecule has 28 heavy (non-hydrogen) atoms. The van der Waals surface area contributed by atoms with Crippen LogP contribution < -0.4 is 0 Å². The largest absolute Gasteiger partial charge is 0.337 e. The van der Waals surface area contributed by atoms with Gasteiger partial charge in [0.05, 0.1) is 11.9 Å². The van der Waals surface area contributed by atoms with E-state index in [0.717, 1.165) is 29.1 Å². The number of para-hydroxylation sites is 1. The van der Waals surface area contributed by atoms with Crippen molar-refractivity contribution < 1.29 is 4.79 Å². The summed E-state index contributed by atoms with van der Waals surface area (Å²) in [6.45, 7) is 0. The van der Waals surface area contributed by atoms with Crippen molar-refractivity contribution in [3.05, 3.63) is 53.8 Å². The van der Waals surface area contributed by atoms with E-state index in [2.05, 4.69) is 10.1 Å². The van der Waals surface area contributed by atoms with Crippen LogP contribution in [0.25, 0.3) is 16.3 Å². The first-order valence-corrected chi connectivity index (χ1v) is 10.9. The lowest BCUT2D eigenvalue weighted by Gasteiger charge is -2.29. The highest BCUT2D eigenvalue weighted by Crippen LogP contribution is 2.26. The standard InChI is InChI=1S/C22H26N4OS/c1-25(18-10-6-3-2-4-7-11-18)22(27)20-16-28-21(24-20)17-14-23-26(15-17)19-12-8-5-9-13-19/h5,8-9,12-16,18H,2-4,6-7,10-11H2,1H3. The van der Waals surface area contributed by atoms with Gasteiger partial charge in [-0.25, -0.2) is 9.67 Å². The Morgan fingerprint density at radius 1 is 1.11 bits per heavy atom. The van der Waals surface area contributed by atoms with Crippen molar-refractivity contribution in [2.45, 2.75) is 51.0 Å². The second kappa shape index (κ2) is 8.69. The summed E-state index contributed by atoms with van der Waals surface area (Å²) >= 11 is 1.50. The maximum atomic E-state index is 13.0. The zero-order valence-electron chi connectivity index (χ0n) is 16.3. The summed E-state index contributed by atoms with van der Waals surface area (Å²) in [5.41, 5.74) is 2.48. The first-order valence-electron chi connectivity index (χ1n) is 10.1. The Morgan fingerprint density at radius 3 is 2.57 bits per heavy atom. The van der Waals surface area contributed by atoms with Crippen LogP contribution in [-0.4, -0.2) is 38.7 Å². The Balaban J connectivity index is 1.48. The molecule has 0 spiro atoms. The quantitative estimate of drug-likeness (QED) is 0.612. The first kappa shape index (κ1) is 18.9. The van der Waals surface area contributed by atoms with Gasteiger partial charge in [-0.2, -0.15) is 5.10 Å². The van der Waals surface area contributed by atoms with Crippen LogP contribution in [-0.2, 0) is 0 Å². The summed E-state index contributed by atoms with van der Waals surface area (Å²) in [5.74, 6) is 0.0310. The van der Waals surface area contributed by atoms with Crippen molar-refractivity contribution in [2.24, 2.45) is 0 Å². The summed E-state index contributed by atoms with van der Waals surface area (Å²) in [5, 5.41) is 7.13. The molecule has 0 saturated heterocycles. The van der Waals surface area contributed by atoms with Gasteiger partial charge in [-0.3, -0.25) is 4.79 Å². The highest BCUT2D eigenvalue weighted by Gasteiger charge is 2.23. The van der Waals surface area contributed by atoms with Crippen molar-refractivity contribution in [2.75, 3.05) is 7.05 Å². The second-order valence-corrected chi connectivity index (χ2v) is 8.32. The van der Waals surface area contributed by atoms with Crippen LogP contribution in [0.3, 0.4) is 0 Å². The molecule has 1 aromatic carbocycles. The lowest BCUT2D eigenvalue weighted by molar-refractivity contribution is 0.0701. The van der Waals surface area contributed by atoms with Gasteiger partial charge in [0.15, 0.2) is 0 Å². The molecule has 1 aliphatic rings. The predicted octanol–water partition coefficient (Wildman–Crippen LogP) is 5.18. The van der Waals surface area contributed by atoms with E-state index >= 15 is 0 Å². The molecule has 0 unspecified atom stereocenters. The maximum absolute atomic E-state index is 13.0. The van der Waals surface area contributed by atoms with Gasteiger partial charge in [0.25, 0.3) is 5.91 Å². The maximum Gasteiger partial charge on any atom is 0.273 e. The normalized spacial score (nSPS) is 15.8. The molecule has 0 bridgehead atoms. The topological polar surface area (TPSA) is 51.0 Å². The Hall–Kier alpha value is -2.47. The van der Waals surface area contributed by atoms with Crippen LogP contribution in [0.1, 0.15) is 55.4 Å². The molecule has 146 valence electrons. The molecular weight excluding hydrogens is 368 g/mol. The summed E-state index contributed by atoms with van der Waals surface area (Å²) in [4.78, 5) is 19.5.